The van der Waals surface area contributed by atoms with Crippen LogP contribution in [-0.2, 0) is 22.6 Å². The molecular formula is C28H31FN2O3. The van der Waals surface area contributed by atoms with E-state index in [0.29, 0.717) is 13.0 Å². The third kappa shape index (κ3) is 7.17. The zero-order valence-corrected chi connectivity index (χ0v) is 19.7. The molecule has 3 rings (SSSR count). The molecule has 0 aliphatic heterocycles. The van der Waals surface area contributed by atoms with Gasteiger partial charge in [0.05, 0.1) is 0 Å². The number of aryl methyl sites for hydroxylation is 1. The zero-order valence-electron chi connectivity index (χ0n) is 19.7. The molecule has 2 amide bonds. The maximum absolute atomic E-state index is 14.0. The summed E-state index contributed by atoms with van der Waals surface area (Å²) in [7, 11) is 0. The van der Waals surface area contributed by atoms with Crippen molar-refractivity contribution in [3.8, 4) is 5.75 Å². The summed E-state index contributed by atoms with van der Waals surface area (Å²) in [6.07, 6.45) is 1.14. The summed E-state index contributed by atoms with van der Waals surface area (Å²) < 4.78 is 19.5. The number of carbonyl (C=O) groups excluding carboxylic acids is 2. The van der Waals surface area contributed by atoms with Crippen molar-refractivity contribution in [2.75, 3.05) is 13.2 Å². The van der Waals surface area contributed by atoms with Crippen molar-refractivity contribution in [3.63, 3.8) is 0 Å². The van der Waals surface area contributed by atoms with E-state index in [1.807, 2.05) is 68.4 Å². The van der Waals surface area contributed by atoms with E-state index in [9.17, 15) is 14.0 Å². The van der Waals surface area contributed by atoms with Crippen molar-refractivity contribution in [2.45, 2.75) is 39.3 Å². The highest BCUT2D eigenvalue weighted by molar-refractivity contribution is 5.88. The molecule has 178 valence electrons. The van der Waals surface area contributed by atoms with Crippen molar-refractivity contribution >= 4 is 11.8 Å². The first-order chi connectivity index (χ1) is 16.5. The Morgan fingerprint density at radius 2 is 1.62 bits per heavy atom. The third-order valence-electron chi connectivity index (χ3n) is 5.48. The first-order valence-electron chi connectivity index (χ1n) is 11.5. The molecule has 0 heterocycles. The van der Waals surface area contributed by atoms with Crippen LogP contribution in [0.4, 0.5) is 4.39 Å². The van der Waals surface area contributed by atoms with Gasteiger partial charge in [0.15, 0.2) is 18.2 Å². The van der Waals surface area contributed by atoms with Gasteiger partial charge in [-0.1, -0.05) is 79.2 Å². The van der Waals surface area contributed by atoms with E-state index in [0.717, 1.165) is 23.1 Å². The molecule has 0 aliphatic rings. The summed E-state index contributed by atoms with van der Waals surface area (Å²) in [5.74, 6) is -1.16. The Bertz CT molecular complexity index is 1070. The van der Waals surface area contributed by atoms with Gasteiger partial charge < -0.3 is 15.0 Å². The summed E-state index contributed by atoms with van der Waals surface area (Å²) >= 11 is 0. The van der Waals surface area contributed by atoms with Gasteiger partial charge in [0.25, 0.3) is 5.91 Å². The molecule has 3 aromatic carbocycles. The molecule has 1 atom stereocenters. The molecule has 34 heavy (non-hydrogen) atoms. The maximum Gasteiger partial charge on any atom is 0.261 e. The molecule has 0 spiro atoms. The number of hydrogen-bond donors (Lipinski definition) is 1. The molecule has 5 nitrogen and oxygen atoms in total. The van der Waals surface area contributed by atoms with E-state index in [1.54, 1.807) is 12.1 Å². The van der Waals surface area contributed by atoms with Crippen molar-refractivity contribution in [1.82, 2.24) is 10.2 Å². The fourth-order valence-corrected chi connectivity index (χ4v) is 3.59. The second kappa shape index (κ2) is 12.5. The summed E-state index contributed by atoms with van der Waals surface area (Å²) in [4.78, 5) is 28.2. The highest BCUT2D eigenvalue weighted by Gasteiger charge is 2.30. The highest BCUT2D eigenvalue weighted by atomic mass is 19.1. The van der Waals surface area contributed by atoms with Gasteiger partial charge in [0.1, 0.15) is 6.04 Å². The van der Waals surface area contributed by atoms with Gasteiger partial charge in [-0.15, -0.1) is 0 Å². The number of carbonyl (C=O) groups is 2. The van der Waals surface area contributed by atoms with Crippen molar-refractivity contribution in [1.29, 1.82) is 0 Å². The lowest BCUT2D eigenvalue weighted by atomic mass is 10.0. The average molecular weight is 463 g/mol. The standard InChI is InChI=1S/C28H31FN2O3/c1-3-17-30-28(33)25(18-22-9-5-4-6-10-22)31(19-23-15-13-21(2)14-16-23)27(32)20-34-26-12-8-7-11-24(26)29/h4-16,25H,3,17-20H2,1-2H3,(H,30,33)/t25-/m0/s1. The van der Waals surface area contributed by atoms with E-state index in [4.69, 9.17) is 4.74 Å². The number of hydrogen-bond acceptors (Lipinski definition) is 3. The predicted octanol–water partition coefficient (Wildman–Crippen LogP) is 4.68. The van der Waals surface area contributed by atoms with Gasteiger partial charge in [-0.25, -0.2) is 4.39 Å². The molecule has 0 aromatic heterocycles. The number of amides is 2. The van der Waals surface area contributed by atoms with Crippen molar-refractivity contribution in [2.24, 2.45) is 0 Å². The van der Waals surface area contributed by atoms with Crippen LogP contribution in [0.15, 0.2) is 78.9 Å². The Morgan fingerprint density at radius 3 is 2.29 bits per heavy atom. The molecule has 0 bridgehead atoms. The van der Waals surface area contributed by atoms with Crippen LogP contribution in [0.1, 0.15) is 30.0 Å². The number of rotatable bonds is 11. The Hall–Kier alpha value is -3.67. The lowest BCUT2D eigenvalue weighted by Crippen LogP contribution is -2.51. The quantitative estimate of drug-likeness (QED) is 0.450. The summed E-state index contributed by atoms with van der Waals surface area (Å²) in [6, 6.07) is 22.6. The van der Waals surface area contributed by atoms with E-state index in [-0.39, 0.29) is 24.8 Å². The van der Waals surface area contributed by atoms with Crippen LogP contribution >= 0.6 is 0 Å². The molecule has 1 N–H and O–H groups in total. The molecule has 0 unspecified atom stereocenters. The van der Waals surface area contributed by atoms with Gasteiger partial charge in [-0.2, -0.15) is 0 Å². The van der Waals surface area contributed by atoms with E-state index in [1.165, 1.54) is 17.0 Å². The molecule has 0 radical (unpaired) electrons. The first-order valence-corrected chi connectivity index (χ1v) is 11.5. The van der Waals surface area contributed by atoms with Crippen LogP contribution in [-0.4, -0.2) is 35.9 Å². The second-order valence-corrected chi connectivity index (χ2v) is 8.22. The maximum atomic E-state index is 14.0. The number of benzene rings is 3. The molecule has 3 aromatic rings. The molecule has 0 aliphatic carbocycles. The molecule has 0 fully saturated rings. The van der Waals surface area contributed by atoms with Crippen LogP contribution < -0.4 is 10.1 Å². The van der Waals surface area contributed by atoms with E-state index in [2.05, 4.69) is 5.32 Å². The number of nitrogens with one attached hydrogen (secondary N) is 1. The average Bonchev–Trinajstić information content (AvgIpc) is 2.85. The number of nitrogens with zero attached hydrogens (tertiary/aromatic N) is 1. The molecule has 0 saturated heterocycles. The Balaban J connectivity index is 1.89. The SMILES string of the molecule is CCCNC(=O)[C@H](Cc1ccccc1)N(Cc1ccc(C)cc1)C(=O)COc1ccccc1F. The fraction of sp³-hybridized carbons (Fsp3) is 0.286. The van der Waals surface area contributed by atoms with Gasteiger partial charge in [0, 0.05) is 19.5 Å². The third-order valence-corrected chi connectivity index (χ3v) is 5.48. The fourth-order valence-electron chi connectivity index (χ4n) is 3.59. The van der Waals surface area contributed by atoms with Crippen LogP contribution in [0.25, 0.3) is 0 Å². The van der Waals surface area contributed by atoms with Crippen LogP contribution in [0.5, 0.6) is 5.75 Å². The van der Waals surface area contributed by atoms with Gasteiger partial charge in [-0.3, -0.25) is 9.59 Å². The normalized spacial score (nSPS) is 11.5. The summed E-state index contributed by atoms with van der Waals surface area (Å²) in [6.45, 7) is 4.34. The van der Waals surface area contributed by atoms with E-state index < -0.39 is 17.8 Å². The Kier molecular flexibility index (Phi) is 9.21. The number of ether oxygens (including phenoxy) is 1. The Labute approximate surface area is 200 Å². The minimum absolute atomic E-state index is 0.00109. The second-order valence-electron chi connectivity index (χ2n) is 8.22. The number of para-hydroxylation sites is 1. The molecular weight excluding hydrogens is 431 g/mol. The largest absolute Gasteiger partial charge is 0.481 e. The van der Waals surface area contributed by atoms with E-state index >= 15 is 0 Å². The van der Waals surface area contributed by atoms with Crippen molar-refractivity contribution in [3.05, 3.63) is 101 Å². The smallest absolute Gasteiger partial charge is 0.261 e. The highest BCUT2D eigenvalue weighted by Crippen LogP contribution is 2.18. The topological polar surface area (TPSA) is 58.6 Å². The van der Waals surface area contributed by atoms with Crippen LogP contribution in [0, 0.1) is 12.7 Å². The minimum Gasteiger partial charge on any atom is -0.481 e. The van der Waals surface area contributed by atoms with Gasteiger partial charge >= 0.3 is 0 Å². The minimum atomic E-state index is -0.744. The zero-order chi connectivity index (χ0) is 24.3. The molecule has 0 saturated carbocycles. The summed E-state index contributed by atoms with van der Waals surface area (Å²) in [5, 5.41) is 2.93. The predicted molar refractivity (Wildman–Crippen MR) is 131 cm³/mol. The molecule has 6 heteroatoms. The van der Waals surface area contributed by atoms with Crippen LogP contribution in [0.3, 0.4) is 0 Å². The monoisotopic (exact) mass is 462 g/mol. The lowest BCUT2D eigenvalue weighted by Gasteiger charge is -2.31. The lowest BCUT2D eigenvalue weighted by molar-refractivity contribution is -0.142. The van der Waals surface area contributed by atoms with Crippen LogP contribution in [0.2, 0.25) is 0 Å². The summed E-state index contributed by atoms with van der Waals surface area (Å²) in [5.41, 5.74) is 2.94. The van der Waals surface area contributed by atoms with Crippen molar-refractivity contribution < 1.29 is 18.7 Å². The van der Waals surface area contributed by atoms with Gasteiger partial charge in [0.2, 0.25) is 5.91 Å². The van der Waals surface area contributed by atoms with Gasteiger partial charge in [-0.05, 0) is 36.6 Å². The number of halogens is 1. The first kappa shape index (κ1) is 25.0. The Morgan fingerprint density at radius 1 is 0.941 bits per heavy atom.